The maximum atomic E-state index is 6.26. The van der Waals surface area contributed by atoms with E-state index in [9.17, 15) is 0 Å². The Bertz CT molecular complexity index is 457. The molecule has 1 saturated carbocycles. The fraction of sp³-hybridized carbons (Fsp3) is 0.667. The Morgan fingerprint density at radius 1 is 1.25 bits per heavy atom. The van der Waals surface area contributed by atoms with Crippen molar-refractivity contribution >= 4 is 0 Å². The van der Waals surface area contributed by atoms with Crippen molar-refractivity contribution in [2.45, 2.75) is 64.0 Å². The highest BCUT2D eigenvalue weighted by Crippen LogP contribution is 2.35. The zero-order valence-electron chi connectivity index (χ0n) is 12.8. The first kappa shape index (κ1) is 13.9. The fourth-order valence-electron chi connectivity index (χ4n) is 3.88. The van der Waals surface area contributed by atoms with Crippen molar-refractivity contribution in [1.82, 2.24) is 5.32 Å². The van der Waals surface area contributed by atoms with E-state index < -0.39 is 0 Å². The minimum absolute atomic E-state index is 0.438. The lowest BCUT2D eigenvalue weighted by atomic mass is 9.85. The monoisotopic (exact) mass is 273 g/mol. The second-order valence-corrected chi connectivity index (χ2v) is 6.42. The van der Waals surface area contributed by atoms with Crippen LogP contribution in [0.15, 0.2) is 18.2 Å². The number of fused-ring (bicyclic) bond motifs is 1. The summed E-state index contributed by atoms with van der Waals surface area (Å²) in [6.07, 6.45) is 9.33. The lowest BCUT2D eigenvalue weighted by Crippen LogP contribution is -2.25. The van der Waals surface area contributed by atoms with Crippen LogP contribution in [0.4, 0.5) is 0 Å². The molecule has 1 aromatic rings. The van der Waals surface area contributed by atoms with Gasteiger partial charge in [-0.05, 0) is 68.3 Å². The Kier molecular flexibility index (Phi) is 4.30. The summed E-state index contributed by atoms with van der Waals surface area (Å²) >= 11 is 0. The SMILES string of the molecule is CCC1CCCC(Oc2ccc3c(c2)CCC3NC)C1. The number of rotatable bonds is 4. The molecule has 20 heavy (non-hydrogen) atoms. The van der Waals surface area contributed by atoms with Crippen molar-refractivity contribution in [3.8, 4) is 5.75 Å². The topological polar surface area (TPSA) is 21.3 Å². The molecule has 0 aromatic heterocycles. The number of aryl methyl sites for hydroxylation is 1. The first-order valence-electron chi connectivity index (χ1n) is 8.27. The van der Waals surface area contributed by atoms with Gasteiger partial charge in [0.25, 0.3) is 0 Å². The molecule has 0 aliphatic heterocycles. The first-order chi connectivity index (χ1) is 9.80. The van der Waals surface area contributed by atoms with Crippen LogP contribution in [0.2, 0.25) is 0 Å². The van der Waals surface area contributed by atoms with Crippen LogP contribution in [0.1, 0.15) is 62.6 Å². The highest BCUT2D eigenvalue weighted by atomic mass is 16.5. The lowest BCUT2D eigenvalue weighted by Gasteiger charge is -2.29. The van der Waals surface area contributed by atoms with Gasteiger partial charge in [-0.25, -0.2) is 0 Å². The molecule has 1 aromatic carbocycles. The average Bonchev–Trinajstić information content (AvgIpc) is 2.89. The van der Waals surface area contributed by atoms with E-state index in [0.717, 1.165) is 11.7 Å². The Balaban J connectivity index is 1.66. The zero-order valence-corrected chi connectivity index (χ0v) is 12.8. The molecule has 3 rings (SSSR count). The summed E-state index contributed by atoms with van der Waals surface area (Å²) in [5, 5.41) is 3.39. The van der Waals surface area contributed by atoms with Crippen LogP contribution in [0.5, 0.6) is 5.75 Å². The number of benzene rings is 1. The van der Waals surface area contributed by atoms with E-state index in [1.807, 2.05) is 0 Å². The molecule has 2 nitrogen and oxygen atoms in total. The molecule has 1 fully saturated rings. The molecule has 0 bridgehead atoms. The minimum Gasteiger partial charge on any atom is -0.490 e. The van der Waals surface area contributed by atoms with Gasteiger partial charge in [-0.2, -0.15) is 0 Å². The van der Waals surface area contributed by atoms with E-state index in [1.165, 1.54) is 56.1 Å². The highest BCUT2D eigenvalue weighted by molar-refractivity contribution is 5.40. The van der Waals surface area contributed by atoms with Crippen molar-refractivity contribution in [1.29, 1.82) is 0 Å². The van der Waals surface area contributed by atoms with Gasteiger partial charge in [0.15, 0.2) is 0 Å². The van der Waals surface area contributed by atoms with Crippen LogP contribution in [-0.4, -0.2) is 13.2 Å². The Morgan fingerprint density at radius 3 is 2.95 bits per heavy atom. The zero-order chi connectivity index (χ0) is 13.9. The standard InChI is InChI=1S/C18H27NO/c1-3-13-5-4-6-15(11-13)20-16-8-9-17-14(12-16)7-10-18(17)19-2/h8-9,12-13,15,18-19H,3-7,10-11H2,1-2H3. The summed E-state index contributed by atoms with van der Waals surface area (Å²) in [5.74, 6) is 1.96. The molecule has 2 aliphatic carbocycles. The Hall–Kier alpha value is -1.02. The molecule has 0 saturated heterocycles. The van der Waals surface area contributed by atoms with Crippen LogP contribution < -0.4 is 10.1 Å². The molecule has 2 aliphatic rings. The molecule has 0 heterocycles. The summed E-state index contributed by atoms with van der Waals surface area (Å²) in [6, 6.07) is 7.25. The minimum atomic E-state index is 0.438. The molecule has 110 valence electrons. The quantitative estimate of drug-likeness (QED) is 0.886. The van der Waals surface area contributed by atoms with Gasteiger partial charge in [0, 0.05) is 6.04 Å². The molecular formula is C18H27NO. The summed E-state index contributed by atoms with van der Waals surface area (Å²) in [7, 11) is 2.05. The Morgan fingerprint density at radius 2 is 2.15 bits per heavy atom. The summed E-state index contributed by atoms with van der Waals surface area (Å²) < 4.78 is 6.26. The molecular weight excluding hydrogens is 246 g/mol. The highest BCUT2D eigenvalue weighted by Gasteiger charge is 2.24. The second kappa shape index (κ2) is 6.17. The van der Waals surface area contributed by atoms with Crippen LogP contribution >= 0.6 is 0 Å². The van der Waals surface area contributed by atoms with Crippen LogP contribution in [-0.2, 0) is 6.42 Å². The van der Waals surface area contributed by atoms with Gasteiger partial charge in [-0.1, -0.05) is 25.8 Å². The molecule has 0 spiro atoms. The first-order valence-corrected chi connectivity index (χ1v) is 8.27. The molecule has 0 radical (unpaired) electrons. The molecule has 1 N–H and O–H groups in total. The van der Waals surface area contributed by atoms with Gasteiger partial charge in [0.05, 0.1) is 6.10 Å². The van der Waals surface area contributed by atoms with Crippen molar-refractivity contribution in [2.75, 3.05) is 7.05 Å². The second-order valence-electron chi connectivity index (χ2n) is 6.42. The maximum absolute atomic E-state index is 6.26. The van der Waals surface area contributed by atoms with E-state index in [-0.39, 0.29) is 0 Å². The third kappa shape index (κ3) is 2.85. The molecule has 0 amide bonds. The van der Waals surface area contributed by atoms with Gasteiger partial charge in [-0.15, -0.1) is 0 Å². The van der Waals surface area contributed by atoms with Crippen molar-refractivity contribution in [3.63, 3.8) is 0 Å². The van der Waals surface area contributed by atoms with Gasteiger partial charge in [0.2, 0.25) is 0 Å². The van der Waals surface area contributed by atoms with Crippen LogP contribution in [0.25, 0.3) is 0 Å². The Labute approximate surface area is 122 Å². The summed E-state index contributed by atoms with van der Waals surface area (Å²) in [5.41, 5.74) is 2.94. The number of nitrogens with one attached hydrogen (secondary N) is 1. The average molecular weight is 273 g/mol. The van der Waals surface area contributed by atoms with E-state index >= 15 is 0 Å². The third-order valence-corrected chi connectivity index (χ3v) is 5.16. The van der Waals surface area contributed by atoms with Crippen molar-refractivity contribution < 1.29 is 4.74 Å². The smallest absolute Gasteiger partial charge is 0.120 e. The summed E-state index contributed by atoms with van der Waals surface area (Å²) in [4.78, 5) is 0. The number of hydrogen-bond donors (Lipinski definition) is 1. The fourth-order valence-corrected chi connectivity index (χ4v) is 3.88. The van der Waals surface area contributed by atoms with Gasteiger partial charge in [-0.3, -0.25) is 0 Å². The number of ether oxygens (including phenoxy) is 1. The number of hydrogen-bond acceptors (Lipinski definition) is 2. The van der Waals surface area contributed by atoms with Crippen LogP contribution in [0.3, 0.4) is 0 Å². The van der Waals surface area contributed by atoms with Gasteiger partial charge in [0.1, 0.15) is 5.75 Å². The van der Waals surface area contributed by atoms with E-state index in [0.29, 0.717) is 12.1 Å². The molecule has 3 unspecified atom stereocenters. The van der Waals surface area contributed by atoms with Crippen molar-refractivity contribution in [2.24, 2.45) is 5.92 Å². The maximum Gasteiger partial charge on any atom is 0.120 e. The van der Waals surface area contributed by atoms with Crippen LogP contribution in [0, 0.1) is 5.92 Å². The van der Waals surface area contributed by atoms with E-state index in [1.54, 1.807) is 0 Å². The predicted octanol–water partition coefficient (Wildman–Crippen LogP) is 4.24. The summed E-state index contributed by atoms with van der Waals surface area (Å²) in [6.45, 7) is 2.31. The normalized spacial score (nSPS) is 29.2. The largest absolute Gasteiger partial charge is 0.490 e. The molecule has 2 heteroatoms. The van der Waals surface area contributed by atoms with E-state index in [4.69, 9.17) is 4.74 Å². The van der Waals surface area contributed by atoms with Crippen molar-refractivity contribution in [3.05, 3.63) is 29.3 Å². The third-order valence-electron chi connectivity index (χ3n) is 5.16. The van der Waals surface area contributed by atoms with Gasteiger partial charge < -0.3 is 10.1 Å². The lowest BCUT2D eigenvalue weighted by molar-refractivity contribution is 0.122. The van der Waals surface area contributed by atoms with E-state index in [2.05, 4.69) is 37.5 Å². The predicted molar refractivity (Wildman–Crippen MR) is 83.2 cm³/mol. The molecule has 3 atom stereocenters. The van der Waals surface area contributed by atoms with Gasteiger partial charge >= 0.3 is 0 Å².